The number of hydrogen-bond donors (Lipinski definition) is 1. The van der Waals surface area contributed by atoms with Crippen molar-refractivity contribution >= 4 is 11.6 Å². The van der Waals surface area contributed by atoms with Gasteiger partial charge in [-0.3, -0.25) is 4.79 Å². The fourth-order valence-electron chi connectivity index (χ4n) is 3.41. The van der Waals surface area contributed by atoms with E-state index < -0.39 is 11.6 Å². The van der Waals surface area contributed by atoms with Gasteiger partial charge in [-0.05, 0) is 31.7 Å². The second kappa shape index (κ2) is 6.54. The molecule has 1 aliphatic carbocycles. The third-order valence-corrected chi connectivity index (χ3v) is 5.14. The van der Waals surface area contributed by atoms with Gasteiger partial charge in [-0.25, -0.2) is 8.78 Å². The minimum atomic E-state index is -0.774. The van der Waals surface area contributed by atoms with E-state index in [0.717, 1.165) is 63.4 Å². The quantitative estimate of drug-likeness (QED) is 0.922. The van der Waals surface area contributed by atoms with Crippen molar-refractivity contribution in [2.24, 2.45) is 5.92 Å². The predicted molar refractivity (Wildman–Crippen MR) is 88.9 cm³/mol. The van der Waals surface area contributed by atoms with Gasteiger partial charge in [-0.2, -0.15) is 0 Å². The van der Waals surface area contributed by atoms with Crippen LogP contribution in [0.3, 0.4) is 0 Å². The van der Waals surface area contributed by atoms with Crippen LogP contribution in [0.5, 0.6) is 0 Å². The van der Waals surface area contributed by atoms with Crippen LogP contribution in [0, 0.1) is 17.6 Å². The van der Waals surface area contributed by atoms with Gasteiger partial charge in [0.05, 0.1) is 11.3 Å². The molecule has 5 nitrogen and oxygen atoms in total. The van der Waals surface area contributed by atoms with Gasteiger partial charge in [0, 0.05) is 24.9 Å². The highest BCUT2D eigenvalue weighted by atomic mass is 19.1. The number of carbonyl (C=O) groups is 1. The molecule has 7 heteroatoms. The van der Waals surface area contributed by atoms with E-state index in [-0.39, 0.29) is 23.1 Å². The Labute approximate surface area is 144 Å². The third-order valence-electron chi connectivity index (χ3n) is 5.14. The number of hydrogen-bond acceptors (Lipinski definition) is 3. The summed E-state index contributed by atoms with van der Waals surface area (Å²) in [5.41, 5.74) is 0.172. The minimum Gasteiger partial charge on any atom is -0.323 e. The van der Waals surface area contributed by atoms with E-state index in [0.29, 0.717) is 5.82 Å². The first kappa shape index (κ1) is 16.2. The average Bonchev–Trinajstić information content (AvgIpc) is 2.76. The summed E-state index contributed by atoms with van der Waals surface area (Å²) in [7, 11) is 0. The molecule has 1 N–H and O–H groups in total. The fraction of sp³-hybridized carbons (Fsp3) is 0.500. The number of carbonyl (C=O) groups excluding carboxylic acids is 1. The van der Waals surface area contributed by atoms with E-state index in [9.17, 15) is 13.6 Å². The smallest absolute Gasteiger partial charge is 0.227 e. The van der Waals surface area contributed by atoms with Gasteiger partial charge in [0.15, 0.2) is 5.82 Å². The van der Waals surface area contributed by atoms with E-state index in [4.69, 9.17) is 0 Å². The Kier molecular flexibility index (Phi) is 4.23. The third kappa shape index (κ3) is 3.03. The molecular weight excluding hydrogens is 326 g/mol. The Balaban J connectivity index is 1.69. The van der Waals surface area contributed by atoms with Gasteiger partial charge in [0.25, 0.3) is 0 Å². The van der Waals surface area contributed by atoms with Crippen LogP contribution in [0.1, 0.15) is 44.3 Å². The maximum absolute atomic E-state index is 14.4. The van der Waals surface area contributed by atoms with E-state index in [1.807, 2.05) is 4.57 Å². The molecule has 0 spiro atoms. The largest absolute Gasteiger partial charge is 0.323 e. The minimum absolute atomic E-state index is 0.000674. The molecule has 0 saturated heterocycles. The number of nitrogens with zero attached hydrogens (tertiary/aromatic N) is 3. The van der Waals surface area contributed by atoms with Crippen LogP contribution in [-0.4, -0.2) is 20.7 Å². The second-order valence-electron chi connectivity index (χ2n) is 6.83. The van der Waals surface area contributed by atoms with E-state index in [2.05, 4.69) is 15.5 Å². The number of rotatable bonds is 3. The first-order chi connectivity index (χ1) is 12.1. The maximum Gasteiger partial charge on any atom is 0.227 e. The number of aromatic nitrogens is 3. The zero-order valence-electron chi connectivity index (χ0n) is 13.9. The van der Waals surface area contributed by atoms with Crippen molar-refractivity contribution in [1.82, 2.24) is 14.8 Å². The van der Waals surface area contributed by atoms with Crippen LogP contribution in [0.4, 0.5) is 14.5 Å². The molecule has 0 bridgehead atoms. The number of halogens is 2. The molecular formula is C18H20F2N4O. The molecule has 1 aromatic carbocycles. The fourth-order valence-corrected chi connectivity index (χ4v) is 3.41. The lowest BCUT2D eigenvalue weighted by atomic mass is 9.85. The topological polar surface area (TPSA) is 59.8 Å². The summed E-state index contributed by atoms with van der Waals surface area (Å²) in [6.07, 6.45) is 6.57. The van der Waals surface area contributed by atoms with Gasteiger partial charge in [-0.1, -0.05) is 12.8 Å². The molecule has 0 radical (unpaired) electrons. The van der Waals surface area contributed by atoms with Crippen LogP contribution < -0.4 is 5.32 Å². The van der Waals surface area contributed by atoms with E-state index >= 15 is 0 Å². The van der Waals surface area contributed by atoms with E-state index in [1.54, 1.807) is 0 Å². The molecule has 1 amide bonds. The molecule has 1 aliphatic heterocycles. The summed E-state index contributed by atoms with van der Waals surface area (Å²) >= 11 is 0. The average molecular weight is 346 g/mol. The summed E-state index contributed by atoms with van der Waals surface area (Å²) < 4.78 is 30.4. The molecule has 4 rings (SSSR count). The number of benzene rings is 1. The van der Waals surface area contributed by atoms with Crippen molar-refractivity contribution in [3.05, 3.63) is 29.6 Å². The van der Waals surface area contributed by atoms with Gasteiger partial charge >= 0.3 is 0 Å². The zero-order valence-corrected chi connectivity index (χ0v) is 13.9. The Morgan fingerprint density at radius 2 is 1.92 bits per heavy atom. The zero-order chi connectivity index (χ0) is 17.4. The van der Waals surface area contributed by atoms with Crippen LogP contribution in [0.15, 0.2) is 12.1 Å². The standard InChI is InChI=1S/C18H20F2N4O/c19-13-10-14(20)15(21-18(25)11-5-4-6-11)9-12(13)17-23-22-16-7-2-1-3-8-24(16)17/h9-11H,1-8H2,(H,21,25). The molecule has 2 heterocycles. The first-order valence-electron chi connectivity index (χ1n) is 8.86. The molecule has 0 unspecified atom stereocenters. The van der Waals surface area contributed by atoms with Crippen molar-refractivity contribution in [2.75, 3.05) is 5.32 Å². The van der Waals surface area contributed by atoms with Crippen LogP contribution in [-0.2, 0) is 17.8 Å². The molecule has 2 aliphatic rings. The Hall–Kier alpha value is -2.31. The van der Waals surface area contributed by atoms with Crippen molar-refractivity contribution in [3.8, 4) is 11.4 Å². The highest BCUT2D eigenvalue weighted by Gasteiger charge is 2.27. The number of nitrogens with one attached hydrogen (secondary N) is 1. The van der Waals surface area contributed by atoms with Crippen molar-refractivity contribution in [1.29, 1.82) is 0 Å². The first-order valence-corrected chi connectivity index (χ1v) is 8.86. The number of fused-ring (bicyclic) bond motifs is 1. The second-order valence-corrected chi connectivity index (χ2v) is 6.83. The number of amides is 1. The van der Waals surface area contributed by atoms with Gasteiger partial charge in [-0.15, -0.1) is 10.2 Å². The molecule has 2 aromatic rings. The van der Waals surface area contributed by atoms with Crippen molar-refractivity contribution in [2.45, 2.75) is 51.5 Å². The van der Waals surface area contributed by atoms with Gasteiger partial charge in [0.1, 0.15) is 17.5 Å². The lowest BCUT2D eigenvalue weighted by Gasteiger charge is -2.24. The normalized spacial score (nSPS) is 17.5. The van der Waals surface area contributed by atoms with Crippen LogP contribution in [0.25, 0.3) is 11.4 Å². The molecule has 1 aromatic heterocycles. The summed E-state index contributed by atoms with van der Waals surface area (Å²) in [5.74, 6) is -0.520. The van der Waals surface area contributed by atoms with Gasteiger partial charge < -0.3 is 9.88 Å². The SMILES string of the molecule is O=C(Nc1cc(-c2nnc3n2CCCCC3)c(F)cc1F)C1CCC1. The number of anilines is 1. The summed E-state index contributed by atoms with van der Waals surface area (Å²) in [6.45, 7) is 0.720. The lowest BCUT2D eigenvalue weighted by Crippen LogP contribution is -2.28. The highest BCUT2D eigenvalue weighted by Crippen LogP contribution is 2.31. The number of aryl methyl sites for hydroxylation is 1. The summed E-state index contributed by atoms with van der Waals surface area (Å²) in [5, 5.41) is 10.9. The van der Waals surface area contributed by atoms with Crippen molar-refractivity contribution in [3.63, 3.8) is 0 Å². The van der Waals surface area contributed by atoms with Crippen LogP contribution >= 0.6 is 0 Å². The molecule has 1 saturated carbocycles. The van der Waals surface area contributed by atoms with Gasteiger partial charge in [0.2, 0.25) is 5.91 Å². The lowest BCUT2D eigenvalue weighted by molar-refractivity contribution is -0.122. The van der Waals surface area contributed by atoms with E-state index in [1.165, 1.54) is 6.07 Å². The summed E-state index contributed by atoms with van der Waals surface area (Å²) in [6, 6.07) is 2.15. The highest BCUT2D eigenvalue weighted by molar-refractivity contribution is 5.93. The Morgan fingerprint density at radius 1 is 1.08 bits per heavy atom. The monoisotopic (exact) mass is 346 g/mol. The Bertz CT molecular complexity index is 814. The maximum atomic E-state index is 14.4. The molecule has 25 heavy (non-hydrogen) atoms. The molecule has 1 fully saturated rings. The predicted octanol–water partition coefficient (Wildman–Crippen LogP) is 3.69. The Morgan fingerprint density at radius 3 is 2.68 bits per heavy atom. The molecule has 0 atom stereocenters. The van der Waals surface area contributed by atoms with Crippen LogP contribution in [0.2, 0.25) is 0 Å². The van der Waals surface area contributed by atoms with Crippen molar-refractivity contribution < 1.29 is 13.6 Å². The molecule has 132 valence electrons. The summed E-state index contributed by atoms with van der Waals surface area (Å²) in [4.78, 5) is 12.1.